The van der Waals surface area contributed by atoms with E-state index in [1.807, 2.05) is 30.8 Å². The van der Waals surface area contributed by atoms with E-state index in [2.05, 4.69) is 45.7 Å². The van der Waals surface area contributed by atoms with E-state index >= 15 is 0 Å². The molecule has 0 aromatic carbocycles. The summed E-state index contributed by atoms with van der Waals surface area (Å²) in [4.78, 5) is 17.4. The van der Waals surface area contributed by atoms with Crippen LogP contribution in [0.4, 0.5) is 0 Å². The molecule has 0 saturated carbocycles. The number of hydrogen-bond donors (Lipinski definition) is 1. The number of aryl methyl sites for hydroxylation is 2. The van der Waals surface area contributed by atoms with Gasteiger partial charge in [-0.1, -0.05) is 13.8 Å². The second-order valence-corrected chi connectivity index (χ2v) is 8.50. The van der Waals surface area contributed by atoms with Crippen molar-refractivity contribution < 1.29 is 0 Å². The third kappa shape index (κ3) is 4.63. The van der Waals surface area contributed by atoms with E-state index in [0.29, 0.717) is 12.5 Å². The SMILES string of the molecule is CN=C(NCc1nccn1CC(C)C)N(C)Cc1nc2c(s1)CCCC2. The molecule has 0 aliphatic heterocycles. The van der Waals surface area contributed by atoms with Crippen molar-refractivity contribution in [2.45, 2.75) is 59.2 Å². The summed E-state index contributed by atoms with van der Waals surface area (Å²) in [6, 6.07) is 0. The van der Waals surface area contributed by atoms with Crippen molar-refractivity contribution in [1.29, 1.82) is 0 Å². The standard InChI is InChI=1S/C19H30N6S/c1-14(2)12-25-10-9-21-17(25)11-22-19(20-3)24(4)13-18-23-15-7-5-6-8-16(15)26-18/h9-10,14H,5-8,11-13H2,1-4H3,(H,20,22). The second-order valence-electron chi connectivity index (χ2n) is 7.33. The Hall–Kier alpha value is -1.89. The van der Waals surface area contributed by atoms with Gasteiger partial charge >= 0.3 is 0 Å². The number of nitrogens with one attached hydrogen (secondary N) is 1. The van der Waals surface area contributed by atoms with Crippen LogP contribution in [0, 0.1) is 5.92 Å². The Bertz CT molecular complexity index is 722. The Labute approximate surface area is 160 Å². The monoisotopic (exact) mass is 374 g/mol. The predicted molar refractivity (Wildman–Crippen MR) is 107 cm³/mol. The quantitative estimate of drug-likeness (QED) is 0.624. The van der Waals surface area contributed by atoms with E-state index < -0.39 is 0 Å². The average Bonchev–Trinajstić information content (AvgIpc) is 3.21. The Morgan fingerprint density at radius 2 is 2.19 bits per heavy atom. The lowest BCUT2D eigenvalue weighted by Crippen LogP contribution is -2.38. The van der Waals surface area contributed by atoms with Gasteiger partial charge in [-0.2, -0.15) is 0 Å². The van der Waals surface area contributed by atoms with Crippen LogP contribution >= 0.6 is 11.3 Å². The highest BCUT2D eigenvalue weighted by molar-refractivity contribution is 7.11. The number of fused-ring (bicyclic) bond motifs is 1. The fraction of sp³-hybridized carbons (Fsp3) is 0.632. The van der Waals surface area contributed by atoms with Gasteiger partial charge in [0.05, 0.1) is 18.8 Å². The molecule has 0 amide bonds. The van der Waals surface area contributed by atoms with Crippen molar-refractivity contribution in [3.63, 3.8) is 0 Å². The highest BCUT2D eigenvalue weighted by Crippen LogP contribution is 2.27. The molecule has 1 aliphatic carbocycles. The van der Waals surface area contributed by atoms with Crippen LogP contribution in [0.5, 0.6) is 0 Å². The van der Waals surface area contributed by atoms with Gasteiger partial charge in [-0.15, -0.1) is 11.3 Å². The van der Waals surface area contributed by atoms with Gasteiger partial charge in [0, 0.05) is 37.9 Å². The predicted octanol–water partition coefficient (Wildman–Crippen LogP) is 3.08. The average molecular weight is 375 g/mol. The maximum absolute atomic E-state index is 4.84. The first kappa shape index (κ1) is 18.9. The fourth-order valence-electron chi connectivity index (χ4n) is 3.36. The molecule has 2 aromatic heterocycles. The van der Waals surface area contributed by atoms with Crippen LogP contribution in [0.25, 0.3) is 0 Å². The summed E-state index contributed by atoms with van der Waals surface area (Å²) in [5.74, 6) is 2.51. The first-order valence-corrected chi connectivity index (χ1v) is 10.3. The summed E-state index contributed by atoms with van der Waals surface area (Å²) in [6.07, 6.45) is 8.83. The van der Waals surface area contributed by atoms with Crippen LogP contribution in [0.3, 0.4) is 0 Å². The molecule has 7 heteroatoms. The first-order valence-electron chi connectivity index (χ1n) is 9.46. The number of guanidine groups is 1. The van der Waals surface area contributed by atoms with E-state index in [1.54, 1.807) is 0 Å². The fourth-order valence-corrected chi connectivity index (χ4v) is 4.57. The summed E-state index contributed by atoms with van der Waals surface area (Å²) in [7, 11) is 3.89. The van der Waals surface area contributed by atoms with Crippen molar-refractivity contribution in [3.05, 3.63) is 33.8 Å². The summed E-state index contributed by atoms with van der Waals surface area (Å²) < 4.78 is 2.21. The zero-order valence-electron chi connectivity index (χ0n) is 16.3. The number of aromatic nitrogens is 3. The zero-order valence-corrected chi connectivity index (χ0v) is 17.1. The van der Waals surface area contributed by atoms with Gasteiger partial charge in [0.15, 0.2) is 5.96 Å². The van der Waals surface area contributed by atoms with Crippen LogP contribution < -0.4 is 5.32 Å². The minimum absolute atomic E-state index is 0.598. The zero-order chi connectivity index (χ0) is 18.5. The maximum atomic E-state index is 4.84. The largest absolute Gasteiger partial charge is 0.349 e. The molecule has 0 saturated heterocycles. The summed E-state index contributed by atoms with van der Waals surface area (Å²) in [5.41, 5.74) is 1.32. The Kier molecular flexibility index (Phi) is 6.29. The van der Waals surface area contributed by atoms with Crippen LogP contribution in [0.2, 0.25) is 0 Å². The lowest BCUT2D eigenvalue weighted by molar-refractivity contribution is 0.466. The number of rotatable bonds is 6. The normalized spacial score (nSPS) is 14.6. The van der Waals surface area contributed by atoms with Crippen LogP contribution in [0.1, 0.15) is 48.1 Å². The van der Waals surface area contributed by atoms with Gasteiger partial charge in [-0.3, -0.25) is 4.99 Å². The van der Waals surface area contributed by atoms with Gasteiger partial charge in [0.2, 0.25) is 0 Å². The van der Waals surface area contributed by atoms with Crippen molar-refractivity contribution >= 4 is 17.3 Å². The number of nitrogens with zero attached hydrogens (tertiary/aromatic N) is 5. The smallest absolute Gasteiger partial charge is 0.194 e. The van der Waals surface area contributed by atoms with Crippen LogP contribution in [-0.4, -0.2) is 39.5 Å². The van der Waals surface area contributed by atoms with Crippen molar-refractivity contribution in [3.8, 4) is 0 Å². The molecule has 0 fully saturated rings. The minimum Gasteiger partial charge on any atom is -0.349 e. The van der Waals surface area contributed by atoms with Gasteiger partial charge in [-0.05, 0) is 31.6 Å². The topological polar surface area (TPSA) is 58.3 Å². The van der Waals surface area contributed by atoms with Gasteiger partial charge < -0.3 is 14.8 Å². The highest BCUT2D eigenvalue weighted by atomic mass is 32.1. The Morgan fingerprint density at radius 1 is 1.38 bits per heavy atom. The van der Waals surface area contributed by atoms with E-state index in [4.69, 9.17) is 4.98 Å². The van der Waals surface area contributed by atoms with Crippen molar-refractivity contribution in [1.82, 2.24) is 24.8 Å². The van der Waals surface area contributed by atoms with Crippen molar-refractivity contribution in [2.24, 2.45) is 10.9 Å². The van der Waals surface area contributed by atoms with Gasteiger partial charge in [0.1, 0.15) is 10.8 Å². The number of aliphatic imine (C=N–C) groups is 1. The molecule has 6 nitrogen and oxygen atoms in total. The lowest BCUT2D eigenvalue weighted by Gasteiger charge is -2.21. The number of imidazole rings is 1. The van der Waals surface area contributed by atoms with E-state index in [-0.39, 0.29) is 0 Å². The molecule has 0 radical (unpaired) electrons. The van der Waals surface area contributed by atoms with Gasteiger partial charge in [-0.25, -0.2) is 9.97 Å². The molecule has 1 aliphatic rings. The molecule has 2 aromatic rings. The molecule has 142 valence electrons. The molecular weight excluding hydrogens is 344 g/mol. The molecule has 26 heavy (non-hydrogen) atoms. The summed E-state index contributed by atoms with van der Waals surface area (Å²) >= 11 is 1.86. The molecule has 0 spiro atoms. The molecule has 1 N–H and O–H groups in total. The third-order valence-corrected chi connectivity index (χ3v) is 5.75. The molecular formula is C19H30N6S. The number of hydrogen-bond acceptors (Lipinski definition) is 4. The molecule has 2 heterocycles. The molecule has 0 atom stereocenters. The Balaban J connectivity index is 1.58. The highest BCUT2D eigenvalue weighted by Gasteiger charge is 2.17. The molecule has 3 rings (SSSR count). The van der Waals surface area contributed by atoms with Crippen LogP contribution in [-0.2, 0) is 32.5 Å². The van der Waals surface area contributed by atoms with Gasteiger partial charge in [0.25, 0.3) is 0 Å². The maximum Gasteiger partial charge on any atom is 0.194 e. The van der Waals surface area contributed by atoms with E-state index in [9.17, 15) is 0 Å². The summed E-state index contributed by atoms with van der Waals surface area (Å²) in [5, 5.41) is 4.62. The molecule has 0 bridgehead atoms. The summed E-state index contributed by atoms with van der Waals surface area (Å²) in [6.45, 7) is 6.88. The van der Waals surface area contributed by atoms with Crippen molar-refractivity contribution in [2.75, 3.05) is 14.1 Å². The molecule has 0 unspecified atom stereocenters. The Morgan fingerprint density at radius 3 is 2.92 bits per heavy atom. The minimum atomic E-state index is 0.598. The third-order valence-electron chi connectivity index (χ3n) is 4.60. The second kappa shape index (κ2) is 8.66. The van der Waals surface area contributed by atoms with E-state index in [0.717, 1.165) is 31.3 Å². The van der Waals surface area contributed by atoms with E-state index in [1.165, 1.54) is 34.8 Å². The number of thiazole rings is 1. The van der Waals surface area contributed by atoms with Crippen LogP contribution in [0.15, 0.2) is 17.4 Å². The first-order chi connectivity index (χ1) is 12.6. The lowest BCUT2D eigenvalue weighted by atomic mass is 10.0.